The number of carboxylic acid groups (broad SMARTS) is 1. The van der Waals surface area contributed by atoms with Gasteiger partial charge < -0.3 is 5.11 Å². The number of rotatable bonds is 3. The molecule has 1 saturated heterocycles. The van der Waals surface area contributed by atoms with Crippen molar-refractivity contribution in [1.29, 1.82) is 0 Å². The first kappa shape index (κ1) is 12.7. The summed E-state index contributed by atoms with van der Waals surface area (Å²) < 4.78 is 0. The average Bonchev–Trinajstić information content (AvgIpc) is 2.39. The van der Waals surface area contributed by atoms with Gasteiger partial charge in [0.2, 0.25) is 0 Å². The van der Waals surface area contributed by atoms with Crippen molar-refractivity contribution in [3.05, 3.63) is 35.4 Å². The first-order valence-electron chi connectivity index (χ1n) is 7.22. The quantitative estimate of drug-likeness (QED) is 0.906. The summed E-state index contributed by atoms with van der Waals surface area (Å²) in [6.07, 6.45) is 7.03. The van der Waals surface area contributed by atoms with Gasteiger partial charge in [0.1, 0.15) is 0 Å². The van der Waals surface area contributed by atoms with Crippen LogP contribution in [0.5, 0.6) is 0 Å². The van der Waals surface area contributed by atoms with Gasteiger partial charge in [-0.3, -0.25) is 4.90 Å². The number of aromatic carboxylic acids is 1. The van der Waals surface area contributed by atoms with Crippen molar-refractivity contribution in [2.75, 3.05) is 13.1 Å². The number of hydrogen-bond donors (Lipinski definition) is 1. The largest absolute Gasteiger partial charge is 0.478 e. The lowest BCUT2D eigenvalue weighted by Crippen LogP contribution is -2.56. The highest BCUT2D eigenvalue weighted by Crippen LogP contribution is 2.44. The summed E-state index contributed by atoms with van der Waals surface area (Å²) in [5.74, 6) is -0.850. The van der Waals surface area contributed by atoms with Gasteiger partial charge in [0.25, 0.3) is 0 Å². The van der Waals surface area contributed by atoms with E-state index in [1.165, 1.54) is 50.8 Å². The highest BCUT2D eigenvalue weighted by atomic mass is 16.4. The molecule has 102 valence electrons. The van der Waals surface area contributed by atoms with Gasteiger partial charge in [0, 0.05) is 19.6 Å². The summed E-state index contributed by atoms with van der Waals surface area (Å²) in [4.78, 5) is 13.3. The Morgan fingerprint density at radius 3 is 2.32 bits per heavy atom. The summed E-state index contributed by atoms with van der Waals surface area (Å²) in [5, 5.41) is 8.87. The molecular formula is C16H21NO2. The number of benzene rings is 1. The molecule has 0 unspecified atom stereocenters. The predicted molar refractivity (Wildman–Crippen MR) is 74.2 cm³/mol. The summed E-state index contributed by atoms with van der Waals surface area (Å²) in [6.45, 7) is 3.42. The van der Waals surface area contributed by atoms with Crippen molar-refractivity contribution in [2.45, 2.75) is 38.6 Å². The molecule has 2 fully saturated rings. The molecule has 0 atom stereocenters. The molecule has 3 rings (SSSR count). The van der Waals surface area contributed by atoms with Gasteiger partial charge in [0.15, 0.2) is 0 Å². The number of nitrogens with zero attached hydrogens (tertiary/aromatic N) is 1. The second-order valence-electron chi connectivity index (χ2n) is 6.21. The van der Waals surface area contributed by atoms with E-state index >= 15 is 0 Å². The van der Waals surface area contributed by atoms with Crippen LogP contribution < -0.4 is 0 Å². The molecule has 19 heavy (non-hydrogen) atoms. The first-order chi connectivity index (χ1) is 9.17. The fraction of sp³-hybridized carbons (Fsp3) is 0.562. The summed E-state index contributed by atoms with van der Waals surface area (Å²) in [6, 6.07) is 7.28. The second-order valence-corrected chi connectivity index (χ2v) is 6.21. The van der Waals surface area contributed by atoms with Crippen LogP contribution in [-0.2, 0) is 6.54 Å². The molecule has 0 radical (unpaired) electrons. The maximum absolute atomic E-state index is 10.8. The molecule has 1 aliphatic carbocycles. The topological polar surface area (TPSA) is 40.5 Å². The van der Waals surface area contributed by atoms with Crippen molar-refractivity contribution in [2.24, 2.45) is 5.41 Å². The van der Waals surface area contributed by atoms with E-state index in [1.54, 1.807) is 12.1 Å². The van der Waals surface area contributed by atoms with E-state index in [9.17, 15) is 4.79 Å². The minimum atomic E-state index is -0.850. The van der Waals surface area contributed by atoms with Gasteiger partial charge >= 0.3 is 5.97 Å². The molecular weight excluding hydrogens is 238 g/mol. The Morgan fingerprint density at radius 1 is 1.11 bits per heavy atom. The smallest absolute Gasteiger partial charge is 0.335 e. The molecule has 3 nitrogen and oxygen atoms in total. The van der Waals surface area contributed by atoms with Gasteiger partial charge in [0.05, 0.1) is 5.56 Å². The van der Waals surface area contributed by atoms with Crippen LogP contribution >= 0.6 is 0 Å². The molecule has 1 spiro atoms. The molecule has 0 bridgehead atoms. The van der Waals surface area contributed by atoms with Gasteiger partial charge in [-0.1, -0.05) is 31.4 Å². The first-order valence-corrected chi connectivity index (χ1v) is 7.22. The zero-order valence-electron chi connectivity index (χ0n) is 11.3. The third-order valence-corrected chi connectivity index (χ3v) is 4.64. The molecule has 0 aromatic heterocycles. The monoisotopic (exact) mass is 259 g/mol. The van der Waals surface area contributed by atoms with E-state index in [0.717, 1.165) is 6.54 Å². The van der Waals surface area contributed by atoms with Crippen LogP contribution in [0.2, 0.25) is 0 Å². The van der Waals surface area contributed by atoms with E-state index in [0.29, 0.717) is 11.0 Å². The predicted octanol–water partition coefficient (Wildman–Crippen LogP) is 3.15. The maximum Gasteiger partial charge on any atom is 0.335 e. The van der Waals surface area contributed by atoms with E-state index in [4.69, 9.17) is 5.11 Å². The summed E-state index contributed by atoms with van der Waals surface area (Å²) in [5.41, 5.74) is 2.21. The molecule has 1 heterocycles. The minimum absolute atomic E-state index is 0.371. The van der Waals surface area contributed by atoms with E-state index < -0.39 is 5.97 Å². The Hall–Kier alpha value is -1.35. The van der Waals surface area contributed by atoms with E-state index in [1.807, 2.05) is 12.1 Å². The number of carboxylic acids is 1. The number of hydrogen-bond acceptors (Lipinski definition) is 2. The zero-order chi connectivity index (χ0) is 13.3. The number of carbonyl (C=O) groups is 1. The van der Waals surface area contributed by atoms with Crippen molar-refractivity contribution >= 4 is 5.97 Å². The second kappa shape index (κ2) is 4.97. The van der Waals surface area contributed by atoms with Crippen LogP contribution in [0.3, 0.4) is 0 Å². The van der Waals surface area contributed by atoms with Crippen LogP contribution in [0.1, 0.15) is 48.0 Å². The summed E-state index contributed by atoms with van der Waals surface area (Å²) in [7, 11) is 0. The molecule has 1 aliphatic heterocycles. The third kappa shape index (κ3) is 2.66. The van der Waals surface area contributed by atoms with Crippen molar-refractivity contribution in [3.63, 3.8) is 0 Å². The van der Waals surface area contributed by atoms with Gasteiger partial charge in [-0.05, 0) is 36.0 Å². The molecule has 3 heteroatoms. The van der Waals surface area contributed by atoms with Crippen LogP contribution in [0.15, 0.2) is 24.3 Å². The Kier molecular flexibility index (Phi) is 3.31. The van der Waals surface area contributed by atoms with Crippen molar-refractivity contribution in [1.82, 2.24) is 4.90 Å². The molecule has 1 aromatic rings. The Balaban J connectivity index is 1.54. The lowest BCUT2D eigenvalue weighted by molar-refractivity contribution is -0.0332. The van der Waals surface area contributed by atoms with Crippen LogP contribution in [0.25, 0.3) is 0 Å². The minimum Gasteiger partial charge on any atom is -0.478 e. The van der Waals surface area contributed by atoms with Gasteiger partial charge in [-0.25, -0.2) is 4.79 Å². The van der Waals surface area contributed by atoms with Gasteiger partial charge in [-0.15, -0.1) is 0 Å². The third-order valence-electron chi connectivity index (χ3n) is 4.64. The Morgan fingerprint density at radius 2 is 1.74 bits per heavy atom. The molecule has 1 saturated carbocycles. The van der Waals surface area contributed by atoms with E-state index in [2.05, 4.69) is 4.90 Å². The molecule has 1 aromatic carbocycles. The highest BCUT2D eigenvalue weighted by Gasteiger charge is 2.42. The average molecular weight is 259 g/mol. The standard InChI is InChI=1S/C16H21NO2/c18-15(19)14-6-4-13(5-7-14)10-17-11-16(12-17)8-2-1-3-9-16/h4-7H,1-3,8-12H2,(H,18,19). The Bertz CT molecular complexity index is 452. The van der Waals surface area contributed by atoms with Crippen molar-refractivity contribution < 1.29 is 9.90 Å². The Labute approximate surface area is 114 Å². The lowest BCUT2D eigenvalue weighted by atomic mass is 9.68. The summed E-state index contributed by atoms with van der Waals surface area (Å²) >= 11 is 0. The van der Waals surface area contributed by atoms with Crippen LogP contribution in [-0.4, -0.2) is 29.1 Å². The van der Waals surface area contributed by atoms with Crippen molar-refractivity contribution in [3.8, 4) is 0 Å². The molecule has 2 aliphatic rings. The SMILES string of the molecule is O=C(O)c1ccc(CN2CC3(CCCCC3)C2)cc1. The fourth-order valence-electron chi connectivity index (χ4n) is 3.64. The molecule has 0 amide bonds. The van der Waals surface area contributed by atoms with E-state index in [-0.39, 0.29) is 0 Å². The van der Waals surface area contributed by atoms with Gasteiger partial charge in [-0.2, -0.15) is 0 Å². The molecule has 1 N–H and O–H groups in total. The zero-order valence-corrected chi connectivity index (χ0v) is 11.3. The van der Waals surface area contributed by atoms with Crippen LogP contribution in [0.4, 0.5) is 0 Å². The normalized spacial score (nSPS) is 22.1. The maximum atomic E-state index is 10.8. The highest BCUT2D eigenvalue weighted by molar-refractivity contribution is 5.87. The fourth-order valence-corrected chi connectivity index (χ4v) is 3.64. The lowest BCUT2D eigenvalue weighted by Gasteiger charge is -2.52. The van der Waals surface area contributed by atoms with Crippen LogP contribution in [0, 0.1) is 5.41 Å². The number of likely N-dealkylation sites (tertiary alicyclic amines) is 1.